The lowest BCUT2D eigenvalue weighted by molar-refractivity contribution is 0.249. The van der Waals surface area contributed by atoms with Crippen molar-refractivity contribution >= 4 is 28.1 Å². The molecule has 0 bridgehead atoms. The summed E-state index contributed by atoms with van der Waals surface area (Å²) in [7, 11) is 1.89. The smallest absolute Gasteiger partial charge is 0.251 e. The van der Waals surface area contributed by atoms with Crippen molar-refractivity contribution in [2.45, 2.75) is 19.9 Å². The molecule has 0 amide bonds. The molecule has 8 nitrogen and oxygen atoms in total. The zero-order valence-electron chi connectivity index (χ0n) is 17.9. The van der Waals surface area contributed by atoms with E-state index < -0.39 is 0 Å². The van der Waals surface area contributed by atoms with Gasteiger partial charge in [0.15, 0.2) is 5.82 Å². The molecule has 4 aromatic heterocycles. The molecule has 0 aromatic carbocycles. The topological polar surface area (TPSA) is 81.6 Å². The van der Waals surface area contributed by atoms with Gasteiger partial charge in [-0.15, -0.1) is 0 Å². The van der Waals surface area contributed by atoms with Crippen LogP contribution in [0.25, 0.3) is 16.6 Å². The summed E-state index contributed by atoms with van der Waals surface area (Å²) >= 11 is 0. The van der Waals surface area contributed by atoms with Gasteiger partial charge in [-0.05, 0) is 36.2 Å². The van der Waals surface area contributed by atoms with Crippen molar-refractivity contribution in [3.63, 3.8) is 0 Å². The molecule has 31 heavy (non-hydrogen) atoms. The third kappa shape index (κ3) is 3.74. The number of aryl methyl sites for hydroxylation is 1. The fourth-order valence-electron chi connectivity index (χ4n) is 4.31. The standard InChI is InChI=1S/C23H27N7O/c1-3-17-11-19-20(27-23(17)31)10-16(12-25-19)13-28-6-8-29(9-7-28)18-4-5-21-22(24-2)26-15-30(21)14-18/h4-5,10-12,14-15,24H,3,6-9,13H2,1-2H3,(H,27,31). The Kier molecular flexibility index (Phi) is 5.07. The molecule has 160 valence electrons. The van der Waals surface area contributed by atoms with Crippen molar-refractivity contribution in [3.05, 3.63) is 64.5 Å². The average Bonchev–Trinajstić information content (AvgIpc) is 3.21. The Morgan fingerprint density at radius 1 is 1.13 bits per heavy atom. The molecule has 1 saturated heterocycles. The molecule has 5 heterocycles. The van der Waals surface area contributed by atoms with Crippen molar-refractivity contribution in [1.29, 1.82) is 0 Å². The molecule has 0 unspecified atom stereocenters. The Balaban J connectivity index is 1.26. The van der Waals surface area contributed by atoms with Crippen LogP contribution in [-0.2, 0) is 13.0 Å². The molecule has 0 aliphatic carbocycles. The van der Waals surface area contributed by atoms with E-state index in [9.17, 15) is 4.79 Å². The Morgan fingerprint density at radius 2 is 1.97 bits per heavy atom. The van der Waals surface area contributed by atoms with E-state index in [2.05, 4.69) is 58.9 Å². The number of hydrogen-bond donors (Lipinski definition) is 2. The summed E-state index contributed by atoms with van der Waals surface area (Å²) in [6.45, 7) is 6.71. The van der Waals surface area contributed by atoms with Gasteiger partial charge in [0.1, 0.15) is 6.33 Å². The van der Waals surface area contributed by atoms with Crippen LogP contribution in [0.2, 0.25) is 0 Å². The SMILES string of the molecule is CCc1cc2ncc(CN3CCN(c4ccc5c(NC)ncn5c4)CC3)cc2[nH]c1=O. The molecule has 1 aliphatic rings. The largest absolute Gasteiger partial charge is 0.371 e. The van der Waals surface area contributed by atoms with Crippen molar-refractivity contribution in [3.8, 4) is 0 Å². The second kappa shape index (κ2) is 8.03. The monoisotopic (exact) mass is 417 g/mol. The molecule has 5 rings (SSSR count). The predicted molar refractivity (Wildman–Crippen MR) is 124 cm³/mol. The number of anilines is 2. The zero-order chi connectivity index (χ0) is 21.4. The highest BCUT2D eigenvalue weighted by Gasteiger charge is 2.18. The van der Waals surface area contributed by atoms with Crippen LogP contribution in [0, 0.1) is 0 Å². The van der Waals surface area contributed by atoms with Crippen molar-refractivity contribution in [1.82, 2.24) is 24.3 Å². The lowest BCUT2D eigenvalue weighted by atomic mass is 10.1. The van der Waals surface area contributed by atoms with E-state index in [0.29, 0.717) is 6.42 Å². The molecule has 0 spiro atoms. The minimum absolute atomic E-state index is 0.0146. The van der Waals surface area contributed by atoms with E-state index in [-0.39, 0.29) is 5.56 Å². The highest BCUT2D eigenvalue weighted by Crippen LogP contribution is 2.22. The zero-order valence-corrected chi connectivity index (χ0v) is 17.9. The number of fused-ring (bicyclic) bond motifs is 2. The van der Waals surface area contributed by atoms with Crippen LogP contribution in [0.15, 0.2) is 47.8 Å². The number of nitrogens with one attached hydrogen (secondary N) is 2. The van der Waals surface area contributed by atoms with Crippen LogP contribution in [0.4, 0.5) is 11.5 Å². The quantitative estimate of drug-likeness (QED) is 0.519. The first-order valence-electron chi connectivity index (χ1n) is 10.8. The maximum Gasteiger partial charge on any atom is 0.251 e. The Bertz CT molecular complexity index is 1280. The minimum Gasteiger partial charge on any atom is -0.371 e. The predicted octanol–water partition coefficient (Wildman–Crippen LogP) is 2.50. The van der Waals surface area contributed by atoms with Gasteiger partial charge >= 0.3 is 0 Å². The van der Waals surface area contributed by atoms with Gasteiger partial charge in [0, 0.05) is 57.7 Å². The van der Waals surface area contributed by atoms with E-state index in [1.54, 1.807) is 0 Å². The van der Waals surface area contributed by atoms with Gasteiger partial charge in [-0.1, -0.05) is 6.92 Å². The number of piperazine rings is 1. The maximum atomic E-state index is 12.1. The number of aromatic nitrogens is 4. The van der Waals surface area contributed by atoms with Crippen molar-refractivity contribution in [2.75, 3.05) is 43.4 Å². The Labute approximate surface area is 180 Å². The summed E-state index contributed by atoms with van der Waals surface area (Å²) in [5.74, 6) is 0.896. The van der Waals surface area contributed by atoms with Crippen LogP contribution in [0.3, 0.4) is 0 Å². The number of H-pyrrole nitrogens is 1. The molecule has 8 heteroatoms. The van der Waals surface area contributed by atoms with Gasteiger partial charge in [-0.3, -0.25) is 14.7 Å². The molecule has 0 radical (unpaired) electrons. The third-order valence-corrected chi connectivity index (χ3v) is 6.10. The molecule has 2 N–H and O–H groups in total. The van der Waals surface area contributed by atoms with E-state index in [1.807, 2.05) is 32.6 Å². The molecular formula is C23H27N7O. The summed E-state index contributed by atoms with van der Waals surface area (Å²) < 4.78 is 2.07. The number of nitrogens with zero attached hydrogens (tertiary/aromatic N) is 5. The summed E-state index contributed by atoms with van der Waals surface area (Å²) in [5.41, 5.74) is 5.84. The van der Waals surface area contributed by atoms with Gasteiger partial charge in [0.25, 0.3) is 5.56 Å². The Hall–Kier alpha value is -3.39. The number of imidazole rings is 1. The molecule has 0 saturated carbocycles. The molecule has 0 atom stereocenters. The highest BCUT2D eigenvalue weighted by atomic mass is 16.1. The highest BCUT2D eigenvalue weighted by molar-refractivity contribution is 5.75. The summed E-state index contributed by atoms with van der Waals surface area (Å²) in [6, 6.07) is 8.24. The van der Waals surface area contributed by atoms with Crippen LogP contribution in [-0.4, -0.2) is 57.5 Å². The number of aromatic amines is 1. The molecular weight excluding hydrogens is 390 g/mol. The molecule has 4 aromatic rings. The third-order valence-electron chi connectivity index (χ3n) is 6.10. The normalized spacial score (nSPS) is 15.1. The summed E-state index contributed by atoms with van der Waals surface area (Å²) in [6.07, 6.45) is 6.64. The van der Waals surface area contributed by atoms with Gasteiger partial charge in [-0.25, -0.2) is 4.98 Å². The van der Waals surface area contributed by atoms with E-state index in [4.69, 9.17) is 0 Å². The lowest BCUT2D eigenvalue weighted by Gasteiger charge is -2.36. The van der Waals surface area contributed by atoms with Gasteiger partial charge in [-0.2, -0.15) is 0 Å². The van der Waals surface area contributed by atoms with Gasteiger partial charge in [0.05, 0.1) is 22.2 Å². The maximum absolute atomic E-state index is 12.1. The first-order chi connectivity index (χ1) is 15.1. The first kappa shape index (κ1) is 19.6. The number of hydrogen-bond acceptors (Lipinski definition) is 6. The average molecular weight is 418 g/mol. The lowest BCUT2D eigenvalue weighted by Crippen LogP contribution is -2.46. The van der Waals surface area contributed by atoms with Crippen LogP contribution in [0.5, 0.6) is 0 Å². The Morgan fingerprint density at radius 3 is 2.74 bits per heavy atom. The van der Waals surface area contributed by atoms with Crippen LogP contribution < -0.4 is 15.8 Å². The van der Waals surface area contributed by atoms with Crippen molar-refractivity contribution in [2.24, 2.45) is 0 Å². The second-order valence-electron chi connectivity index (χ2n) is 8.04. The second-order valence-corrected chi connectivity index (χ2v) is 8.04. The first-order valence-corrected chi connectivity index (χ1v) is 10.8. The number of rotatable bonds is 5. The van der Waals surface area contributed by atoms with Gasteiger partial charge < -0.3 is 19.6 Å². The van der Waals surface area contributed by atoms with Crippen LogP contribution in [0.1, 0.15) is 18.1 Å². The van der Waals surface area contributed by atoms with E-state index >= 15 is 0 Å². The van der Waals surface area contributed by atoms with Gasteiger partial charge in [0.2, 0.25) is 0 Å². The minimum atomic E-state index is -0.0146. The van der Waals surface area contributed by atoms with Crippen LogP contribution >= 0.6 is 0 Å². The molecule has 1 fully saturated rings. The summed E-state index contributed by atoms with van der Waals surface area (Å²) in [4.78, 5) is 28.9. The summed E-state index contributed by atoms with van der Waals surface area (Å²) in [5, 5.41) is 3.12. The molecule has 1 aliphatic heterocycles. The van der Waals surface area contributed by atoms with Crippen molar-refractivity contribution < 1.29 is 0 Å². The number of pyridine rings is 3. The van der Waals surface area contributed by atoms with E-state index in [1.165, 1.54) is 5.69 Å². The van der Waals surface area contributed by atoms with E-state index in [0.717, 1.165) is 66.2 Å². The fraction of sp³-hybridized carbons (Fsp3) is 0.348. The fourth-order valence-corrected chi connectivity index (χ4v) is 4.31.